The van der Waals surface area contributed by atoms with E-state index in [0.717, 1.165) is 16.1 Å². The predicted molar refractivity (Wildman–Crippen MR) is 42.6 cm³/mol. The molecule has 0 saturated heterocycles. The first-order valence-electron chi connectivity index (χ1n) is 3.05. The highest BCUT2D eigenvalue weighted by Gasteiger charge is 1.82. The lowest BCUT2D eigenvalue weighted by Crippen LogP contribution is -2.20. The van der Waals surface area contributed by atoms with E-state index in [1.165, 1.54) is 0 Å². The Balaban J connectivity index is 3.29. The molecule has 1 aromatic heterocycles. The van der Waals surface area contributed by atoms with Crippen molar-refractivity contribution in [3.63, 3.8) is 0 Å². The molecule has 0 radical (unpaired) electrons. The Kier molecular flexibility index (Phi) is 1.71. The van der Waals surface area contributed by atoms with Crippen LogP contribution in [0.2, 0.25) is 0 Å². The van der Waals surface area contributed by atoms with Crippen molar-refractivity contribution < 1.29 is 0 Å². The number of nitrogens with one attached hydrogen (secondary N) is 1. The van der Waals surface area contributed by atoms with Crippen LogP contribution < -0.4 is 10.6 Å². The summed E-state index contributed by atoms with van der Waals surface area (Å²) in [5.41, 5.74) is 0.995. The van der Waals surface area contributed by atoms with Gasteiger partial charge in [-0.25, -0.2) is 0 Å². The van der Waals surface area contributed by atoms with Crippen LogP contribution in [0.1, 0.15) is 6.92 Å². The molecule has 2 nitrogen and oxygen atoms in total. The molecule has 2 heteroatoms. The Hall–Kier alpha value is -1.31. The van der Waals surface area contributed by atoms with Crippen LogP contribution in [0, 0.1) is 0 Å². The number of hydrogen-bond acceptors (Lipinski definition) is 1. The number of rotatable bonds is 1. The molecule has 1 aromatic rings. The van der Waals surface area contributed by atoms with Crippen molar-refractivity contribution >= 4 is 12.7 Å². The maximum absolute atomic E-state index is 3.81. The molecule has 1 rings (SSSR count). The number of aromatic amines is 1. The van der Waals surface area contributed by atoms with Gasteiger partial charge in [-0.2, -0.15) is 5.10 Å². The van der Waals surface area contributed by atoms with Gasteiger partial charge in [-0.1, -0.05) is 18.7 Å². The second-order valence-corrected chi connectivity index (χ2v) is 2.30. The molecule has 0 spiro atoms. The number of H-pyrrole nitrogens is 1. The maximum Gasteiger partial charge on any atom is 0.0646 e. The molecular formula is C8H10N2. The van der Waals surface area contributed by atoms with Gasteiger partial charge >= 0.3 is 0 Å². The summed E-state index contributed by atoms with van der Waals surface area (Å²) in [4.78, 5) is 0. The third-order valence-electron chi connectivity index (χ3n) is 1.14. The molecule has 0 aliphatic carbocycles. The van der Waals surface area contributed by atoms with Crippen molar-refractivity contribution in [3.8, 4) is 0 Å². The van der Waals surface area contributed by atoms with E-state index in [4.69, 9.17) is 0 Å². The molecule has 1 heterocycles. The van der Waals surface area contributed by atoms with E-state index < -0.39 is 0 Å². The third-order valence-corrected chi connectivity index (χ3v) is 1.14. The molecule has 0 amide bonds. The Morgan fingerprint density at radius 2 is 2.50 bits per heavy atom. The molecule has 0 fully saturated rings. The molecule has 0 aromatic carbocycles. The molecular weight excluding hydrogens is 124 g/mol. The normalized spacial score (nSPS) is 11.9. The van der Waals surface area contributed by atoms with Crippen molar-refractivity contribution in [2.24, 2.45) is 0 Å². The molecule has 0 saturated carbocycles. The van der Waals surface area contributed by atoms with Crippen molar-refractivity contribution in [1.82, 2.24) is 10.2 Å². The molecule has 52 valence electrons. The van der Waals surface area contributed by atoms with E-state index >= 15 is 0 Å². The van der Waals surface area contributed by atoms with Crippen LogP contribution in [0.5, 0.6) is 0 Å². The molecule has 0 aliphatic heterocycles. The molecule has 0 aliphatic rings. The summed E-state index contributed by atoms with van der Waals surface area (Å²) in [7, 11) is 0. The highest BCUT2D eigenvalue weighted by molar-refractivity contribution is 5.41. The summed E-state index contributed by atoms with van der Waals surface area (Å²) in [5, 5.41) is 8.47. The highest BCUT2D eigenvalue weighted by atomic mass is 15.1. The second-order valence-electron chi connectivity index (χ2n) is 2.30. The predicted octanol–water partition coefficient (Wildman–Crippen LogP) is 0.177. The third kappa shape index (κ3) is 1.35. The Bertz CT molecular complexity index is 332. The molecule has 0 bridgehead atoms. The van der Waals surface area contributed by atoms with Crippen molar-refractivity contribution in [2.75, 3.05) is 0 Å². The quantitative estimate of drug-likeness (QED) is 0.583. The summed E-state index contributed by atoms with van der Waals surface area (Å²) in [6.45, 7) is 9.44. The fourth-order valence-corrected chi connectivity index (χ4v) is 0.692. The zero-order chi connectivity index (χ0) is 7.56. The molecule has 1 N–H and O–H groups in total. The lowest BCUT2D eigenvalue weighted by molar-refractivity contribution is 1.06. The highest BCUT2D eigenvalue weighted by Crippen LogP contribution is 1.83. The second kappa shape index (κ2) is 2.52. The number of aromatic nitrogens is 2. The fourth-order valence-electron chi connectivity index (χ4n) is 0.692. The smallest absolute Gasteiger partial charge is 0.0646 e. The van der Waals surface area contributed by atoms with Crippen molar-refractivity contribution in [1.29, 1.82) is 0 Å². The summed E-state index contributed by atoms with van der Waals surface area (Å²) in [6.07, 6.45) is 3.60. The van der Waals surface area contributed by atoms with Gasteiger partial charge in [0.15, 0.2) is 0 Å². The monoisotopic (exact) mass is 134 g/mol. The van der Waals surface area contributed by atoms with E-state index in [2.05, 4.69) is 23.4 Å². The standard InChI is InChI=1S/C8H10N2/c1-6(2)4-8-7(3)5-9-10-8/h4-5,10H,1,3H2,2H3/b8-4+. The van der Waals surface area contributed by atoms with E-state index in [1.54, 1.807) is 6.20 Å². The Morgan fingerprint density at radius 1 is 1.80 bits per heavy atom. The first-order chi connectivity index (χ1) is 4.70. The van der Waals surface area contributed by atoms with Gasteiger partial charge in [-0.15, -0.1) is 0 Å². The van der Waals surface area contributed by atoms with Gasteiger partial charge in [0, 0.05) is 5.22 Å². The topological polar surface area (TPSA) is 28.7 Å². The fraction of sp³-hybridized carbons (Fsp3) is 0.125. The van der Waals surface area contributed by atoms with E-state index in [0.29, 0.717) is 0 Å². The van der Waals surface area contributed by atoms with E-state index in [-0.39, 0.29) is 0 Å². The summed E-state index contributed by atoms with van der Waals surface area (Å²) >= 11 is 0. The number of nitrogens with zero attached hydrogens (tertiary/aromatic N) is 1. The van der Waals surface area contributed by atoms with Gasteiger partial charge in [0.2, 0.25) is 0 Å². The van der Waals surface area contributed by atoms with Crippen LogP contribution in [-0.2, 0) is 0 Å². The minimum absolute atomic E-state index is 0.906. The first-order valence-corrected chi connectivity index (χ1v) is 3.05. The lowest BCUT2D eigenvalue weighted by Gasteiger charge is -1.80. The summed E-state index contributed by atoms with van der Waals surface area (Å²) in [6, 6.07) is 0. The van der Waals surface area contributed by atoms with Gasteiger partial charge in [0.05, 0.1) is 11.5 Å². The van der Waals surface area contributed by atoms with E-state index in [9.17, 15) is 0 Å². The Morgan fingerprint density at radius 3 is 2.90 bits per heavy atom. The minimum atomic E-state index is 0.906. The summed E-state index contributed by atoms with van der Waals surface area (Å²) < 4.78 is 0. The molecule has 0 atom stereocenters. The largest absolute Gasteiger partial charge is 0.278 e. The lowest BCUT2D eigenvalue weighted by atomic mass is 10.3. The number of hydrogen-bond donors (Lipinski definition) is 1. The van der Waals surface area contributed by atoms with Crippen molar-refractivity contribution in [3.05, 3.63) is 28.9 Å². The van der Waals surface area contributed by atoms with Crippen molar-refractivity contribution in [2.45, 2.75) is 6.92 Å². The molecule has 0 unspecified atom stereocenters. The zero-order valence-electron chi connectivity index (χ0n) is 6.02. The SMILES string of the molecule is C=C(C)/C=c1/[nH]ncc1=C. The van der Waals surface area contributed by atoms with Crippen LogP contribution in [0.3, 0.4) is 0 Å². The van der Waals surface area contributed by atoms with Gasteiger partial charge in [0.25, 0.3) is 0 Å². The van der Waals surface area contributed by atoms with Gasteiger partial charge < -0.3 is 0 Å². The molecule has 10 heavy (non-hydrogen) atoms. The van der Waals surface area contributed by atoms with E-state index in [1.807, 2.05) is 13.0 Å². The average Bonchev–Trinajstić information content (AvgIpc) is 2.15. The first kappa shape index (κ1) is 6.81. The average molecular weight is 134 g/mol. The maximum atomic E-state index is 3.81. The van der Waals surface area contributed by atoms with Crippen LogP contribution >= 0.6 is 0 Å². The van der Waals surface area contributed by atoms with Gasteiger partial charge in [-0.05, 0) is 13.0 Å². The minimum Gasteiger partial charge on any atom is -0.278 e. The van der Waals surface area contributed by atoms with Gasteiger partial charge in [0.1, 0.15) is 0 Å². The van der Waals surface area contributed by atoms with Gasteiger partial charge in [-0.3, -0.25) is 5.10 Å². The van der Waals surface area contributed by atoms with Crippen LogP contribution in [0.25, 0.3) is 12.7 Å². The summed E-state index contributed by atoms with van der Waals surface area (Å²) in [5.74, 6) is 0. The van der Waals surface area contributed by atoms with Crippen LogP contribution in [0.4, 0.5) is 0 Å². The van der Waals surface area contributed by atoms with Crippen LogP contribution in [-0.4, -0.2) is 10.2 Å². The number of allylic oxidation sites excluding steroid dienone is 1. The Labute approximate surface area is 59.6 Å². The van der Waals surface area contributed by atoms with Crippen LogP contribution in [0.15, 0.2) is 18.3 Å². The zero-order valence-corrected chi connectivity index (χ0v) is 6.02.